The van der Waals surface area contributed by atoms with Crippen molar-refractivity contribution in [1.29, 1.82) is 0 Å². The van der Waals surface area contributed by atoms with Crippen LogP contribution in [0.3, 0.4) is 0 Å². The summed E-state index contributed by atoms with van der Waals surface area (Å²) in [5.74, 6) is 0.494. The van der Waals surface area contributed by atoms with Crippen LogP contribution in [0, 0.1) is 5.92 Å². The monoisotopic (exact) mass is 383 g/mol. The number of H-pyrrole nitrogens is 1. The Balaban J connectivity index is 1.55. The number of aromatic nitrogens is 3. The molecule has 1 N–H and O–H groups in total. The van der Waals surface area contributed by atoms with Gasteiger partial charge in [-0.25, -0.2) is 9.97 Å². The predicted molar refractivity (Wildman–Crippen MR) is 110 cm³/mol. The van der Waals surface area contributed by atoms with E-state index in [-0.39, 0.29) is 11.9 Å². The number of carbonyl (C=O) groups excluding carboxylic acids is 1. The lowest BCUT2D eigenvalue weighted by atomic mass is 10.00. The zero-order chi connectivity index (χ0) is 19.5. The molecule has 0 saturated carbocycles. The number of rotatable bonds is 6. The van der Waals surface area contributed by atoms with Crippen molar-refractivity contribution in [1.82, 2.24) is 19.9 Å². The molecule has 150 valence electrons. The van der Waals surface area contributed by atoms with Gasteiger partial charge in [-0.3, -0.25) is 4.79 Å². The number of nitrogens with zero attached hydrogens (tertiary/aromatic N) is 4. The van der Waals surface area contributed by atoms with Gasteiger partial charge < -0.3 is 19.5 Å². The van der Waals surface area contributed by atoms with Gasteiger partial charge in [0.1, 0.15) is 17.8 Å². The molecular formula is C21H29N5O2. The highest BCUT2D eigenvalue weighted by atomic mass is 16.5. The molecule has 0 spiro atoms. The lowest BCUT2D eigenvalue weighted by Gasteiger charge is -2.27. The maximum absolute atomic E-state index is 11.9. The number of hydrogen-bond acceptors (Lipinski definition) is 6. The Morgan fingerprint density at radius 2 is 2.14 bits per heavy atom. The van der Waals surface area contributed by atoms with E-state index in [0.29, 0.717) is 6.42 Å². The third kappa shape index (κ3) is 3.76. The van der Waals surface area contributed by atoms with Crippen LogP contribution in [0.1, 0.15) is 32.1 Å². The van der Waals surface area contributed by atoms with Gasteiger partial charge in [-0.2, -0.15) is 0 Å². The zero-order valence-electron chi connectivity index (χ0n) is 16.8. The summed E-state index contributed by atoms with van der Waals surface area (Å²) in [6.07, 6.45) is 11.5. The molecule has 4 rings (SSSR count). The summed E-state index contributed by atoms with van der Waals surface area (Å²) in [6, 6.07) is 0. The van der Waals surface area contributed by atoms with E-state index in [9.17, 15) is 4.79 Å². The van der Waals surface area contributed by atoms with E-state index in [2.05, 4.69) is 37.9 Å². The van der Waals surface area contributed by atoms with E-state index in [1.54, 1.807) is 6.33 Å². The smallest absolute Gasteiger partial charge is 0.312 e. The SMILES string of the molecule is COC(=O)C1C=c2[nH]c3ncnc(N(C)CCCN4CCCCC4)c3c2=CC1. The van der Waals surface area contributed by atoms with Gasteiger partial charge in [0, 0.05) is 24.2 Å². The number of aromatic amines is 1. The number of likely N-dealkylation sites (tertiary alicyclic amines) is 1. The summed E-state index contributed by atoms with van der Waals surface area (Å²) in [6.45, 7) is 4.57. The first kappa shape index (κ1) is 18.9. The number of piperidine rings is 1. The molecule has 7 nitrogen and oxygen atoms in total. The predicted octanol–water partition coefficient (Wildman–Crippen LogP) is 1.02. The van der Waals surface area contributed by atoms with E-state index in [1.807, 2.05) is 6.08 Å². The van der Waals surface area contributed by atoms with Crippen LogP contribution in [-0.2, 0) is 9.53 Å². The Bertz CT molecular complexity index is 961. The van der Waals surface area contributed by atoms with Crippen molar-refractivity contribution in [3.8, 4) is 0 Å². The number of methoxy groups -OCH3 is 1. The minimum atomic E-state index is -0.246. The Hall–Kier alpha value is -2.41. The van der Waals surface area contributed by atoms with Crippen molar-refractivity contribution in [3.63, 3.8) is 0 Å². The molecular weight excluding hydrogens is 354 g/mol. The first-order valence-electron chi connectivity index (χ1n) is 10.2. The molecule has 0 amide bonds. The molecule has 1 aliphatic carbocycles. The number of fused-ring (bicyclic) bond motifs is 3. The van der Waals surface area contributed by atoms with Gasteiger partial charge in [0.05, 0.1) is 18.4 Å². The quantitative estimate of drug-likeness (QED) is 0.751. The van der Waals surface area contributed by atoms with Crippen molar-refractivity contribution < 1.29 is 9.53 Å². The summed E-state index contributed by atoms with van der Waals surface area (Å²) in [5, 5.41) is 3.06. The molecule has 0 aromatic carbocycles. The van der Waals surface area contributed by atoms with Crippen LogP contribution in [-0.4, -0.2) is 66.2 Å². The molecule has 2 aliphatic rings. The third-order valence-electron chi connectivity index (χ3n) is 5.87. The second-order valence-corrected chi connectivity index (χ2v) is 7.79. The standard InChI is InChI=1S/C21H29N5O2/c1-25(9-6-12-26-10-4-3-5-11-26)20-18-16-8-7-15(21(27)28-2)13-17(16)24-19(18)22-14-23-20/h8,13-15H,3-7,9-12H2,1-2H3,(H,22,23,24). The maximum atomic E-state index is 11.9. The molecule has 1 aliphatic heterocycles. The van der Waals surface area contributed by atoms with Gasteiger partial charge in [-0.1, -0.05) is 12.5 Å². The lowest BCUT2D eigenvalue weighted by Crippen LogP contribution is -2.33. The van der Waals surface area contributed by atoms with Crippen molar-refractivity contribution in [2.45, 2.75) is 32.1 Å². The number of carbonyl (C=O) groups is 1. The zero-order valence-corrected chi connectivity index (χ0v) is 16.8. The molecule has 7 heteroatoms. The lowest BCUT2D eigenvalue weighted by molar-refractivity contribution is -0.143. The number of hydrogen-bond donors (Lipinski definition) is 1. The first-order valence-corrected chi connectivity index (χ1v) is 10.2. The van der Waals surface area contributed by atoms with Crippen LogP contribution in [0.4, 0.5) is 5.82 Å². The molecule has 1 unspecified atom stereocenters. The third-order valence-corrected chi connectivity index (χ3v) is 5.87. The molecule has 1 saturated heterocycles. The average Bonchev–Trinajstić information content (AvgIpc) is 3.11. The highest BCUT2D eigenvalue weighted by Gasteiger charge is 2.21. The van der Waals surface area contributed by atoms with Crippen LogP contribution in [0.25, 0.3) is 23.2 Å². The second-order valence-electron chi connectivity index (χ2n) is 7.79. The van der Waals surface area contributed by atoms with Crippen molar-refractivity contribution in [2.75, 3.05) is 45.2 Å². The van der Waals surface area contributed by atoms with Gasteiger partial charge in [0.2, 0.25) is 0 Å². The van der Waals surface area contributed by atoms with Crippen molar-refractivity contribution in [3.05, 3.63) is 16.9 Å². The normalized spacial score (nSPS) is 19.6. The molecule has 0 radical (unpaired) electrons. The van der Waals surface area contributed by atoms with Crippen LogP contribution < -0.4 is 15.5 Å². The van der Waals surface area contributed by atoms with Crippen LogP contribution in [0.5, 0.6) is 0 Å². The molecule has 0 bridgehead atoms. The van der Waals surface area contributed by atoms with Crippen LogP contribution in [0.2, 0.25) is 0 Å². The summed E-state index contributed by atoms with van der Waals surface area (Å²) in [4.78, 5) is 29.0. The van der Waals surface area contributed by atoms with Gasteiger partial charge in [-0.05, 0) is 51.4 Å². The largest absolute Gasteiger partial charge is 0.469 e. The Kier molecular flexibility index (Phi) is 5.62. The number of ether oxygens (including phenoxy) is 1. The second kappa shape index (κ2) is 8.31. The van der Waals surface area contributed by atoms with Crippen LogP contribution in [0.15, 0.2) is 6.33 Å². The van der Waals surface area contributed by atoms with Crippen molar-refractivity contribution >= 4 is 35.0 Å². The number of esters is 1. The van der Waals surface area contributed by atoms with E-state index in [1.165, 1.54) is 39.5 Å². The molecule has 1 fully saturated rings. The fourth-order valence-corrected chi connectivity index (χ4v) is 4.33. The van der Waals surface area contributed by atoms with E-state index in [0.717, 1.165) is 46.9 Å². The summed E-state index contributed by atoms with van der Waals surface area (Å²) >= 11 is 0. The molecule has 2 aromatic rings. The number of anilines is 1. The minimum absolute atomic E-state index is 0.207. The first-order chi connectivity index (χ1) is 13.7. The van der Waals surface area contributed by atoms with E-state index < -0.39 is 0 Å². The highest BCUT2D eigenvalue weighted by molar-refractivity contribution is 5.90. The highest BCUT2D eigenvalue weighted by Crippen LogP contribution is 2.19. The summed E-state index contributed by atoms with van der Waals surface area (Å²) < 4.78 is 4.89. The van der Waals surface area contributed by atoms with Gasteiger partial charge in [-0.15, -0.1) is 0 Å². The maximum Gasteiger partial charge on any atom is 0.312 e. The topological polar surface area (TPSA) is 74.3 Å². The summed E-state index contributed by atoms with van der Waals surface area (Å²) in [7, 11) is 3.53. The Labute approximate surface area is 165 Å². The van der Waals surface area contributed by atoms with Gasteiger partial charge in [0.15, 0.2) is 0 Å². The minimum Gasteiger partial charge on any atom is -0.469 e. The summed E-state index contributed by atoms with van der Waals surface area (Å²) in [5.41, 5.74) is 0.816. The molecule has 28 heavy (non-hydrogen) atoms. The van der Waals surface area contributed by atoms with E-state index >= 15 is 0 Å². The number of nitrogens with one attached hydrogen (secondary N) is 1. The fourth-order valence-electron chi connectivity index (χ4n) is 4.33. The molecule has 2 aromatic heterocycles. The Morgan fingerprint density at radius 3 is 2.93 bits per heavy atom. The van der Waals surface area contributed by atoms with Gasteiger partial charge in [0.25, 0.3) is 0 Å². The molecule has 1 atom stereocenters. The average molecular weight is 383 g/mol. The molecule has 3 heterocycles. The fraction of sp³-hybridized carbons (Fsp3) is 0.571. The Morgan fingerprint density at radius 1 is 1.32 bits per heavy atom. The van der Waals surface area contributed by atoms with Crippen LogP contribution >= 0.6 is 0 Å². The van der Waals surface area contributed by atoms with E-state index in [4.69, 9.17) is 4.74 Å². The van der Waals surface area contributed by atoms with Gasteiger partial charge >= 0.3 is 5.97 Å². The van der Waals surface area contributed by atoms with Crippen molar-refractivity contribution in [2.24, 2.45) is 5.92 Å².